The summed E-state index contributed by atoms with van der Waals surface area (Å²) in [6.45, 7) is 9.01. The molecule has 2 N–H and O–H groups in total. The fraction of sp³-hybridized carbons (Fsp3) is 1.00. The van der Waals surface area contributed by atoms with Crippen molar-refractivity contribution >= 4 is 0 Å². The van der Waals surface area contributed by atoms with Gasteiger partial charge >= 0.3 is 0 Å². The van der Waals surface area contributed by atoms with Crippen LogP contribution in [0, 0.1) is 5.41 Å². The van der Waals surface area contributed by atoms with Crippen molar-refractivity contribution < 1.29 is 14.6 Å². The van der Waals surface area contributed by atoms with Gasteiger partial charge in [0.2, 0.25) is 0 Å². The Balaban J connectivity index is 1.84. The van der Waals surface area contributed by atoms with E-state index in [9.17, 15) is 5.11 Å². The average molecular weight is 300 g/mol. The third kappa shape index (κ3) is 5.18. The summed E-state index contributed by atoms with van der Waals surface area (Å²) in [6.07, 6.45) is 3.76. The summed E-state index contributed by atoms with van der Waals surface area (Å²) in [7, 11) is 2.12. The van der Waals surface area contributed by atoms with E-state index in [0.29, 0.717) is 13.2 Å². The van der Waals surface area contributed by atoms with Crippen LogP contribution in [0.25, 0.3) is 0 Å². The molecule has 0 bridgehead atoms. The van der Waals surface area contributed by atoms with Crippen LogP contribution in [0.1, 0.15) is 32.6 Å². The second-order valence-corrected chi connectivity index (χ2v) is 6.99. The lowest BCUT2D eigenvalue weighted by Crippen LogP contribution is -2.50. The van der Waals surface area contributed by atoms with Gasteiger partial charge in [0.1, 0.15) is 0 Å². The quantitative estimate of drug-likeness (QED) is 0.651. The first-order valence-corrected chi connectivity index (χ1v) is 8.35. The van der Waals surface area contributed by atoms with Gasteiger partial charge in [-0.2, -0.15) is 0 Å². The Morgan fingerprint density at radius 1 is 1.10 bits per heavy atom. The highest BCUT2D eigenvalue weighted by atomic mass is 16.5. The number of nitrogens with one attached hydrogen (secondary N) is 1. The Kier molecular flexibility index (Phi) is 6.44. The van der Waals surface area contributed by atoms with E-state index < -0.39 is 5.60 Å². The summed E-state index contributed by atoms with van der Waals surface area (Å²) < 4.78 is 11.0. The van der Waals surface area contributed by atoms with Crippen LogP contribution in [-0.4, -0.2) is 75.3 Å². The minimum atomic E-state index is -0.579. The van der Waals surface area contributed by atoms with Crippen molar-refractivity contribution in [3.63, 3.8) is 0 Å². The van der Waals surface area contributed by atoms with Gasteiger partial charge in [0.25, 0.3) is 0 Å². The average Bonchev–Trinajstić information content (AvgIpc) is 2.87. The van der Waals surface area contributed by atoms with E-state index >= 15 is 0 Å². The Labute approximate surface area is 129 Å². The third-order valence-electron chi connectivity index (χ3n) is 4.70. The van der Waals surface area contributed by atoms with Crippen LogP contribution in [0.2, 0.25) is 0 Å². The molecule has 124 valence electrons. The van der Waals surface area contributed by atoms with Crippen molar-refractivity contribution in [3.05, 3.63) is 0 Å². The molecule has 0 aromatic rings. The van der Waals surface area contributed by atoms with Crippen LogP contribution in [-0.2, 0) is 9.47 Å². The van der Waals surface area contributed by atoms with Crippen molar-refractivity contribution in [2.45, 2.75) is 38.2 Å². The molecule has 2 rings (SSSR count). The number of ether oxygens (including phenoxy) is 2. The molecule has 2 heterocycles. The van der Waals surface area contributed by atoms with Gasteiger partial charge in [-0.15, -0.1) is 0 Å². The van der Waals surface area contributed by atoms with E-state index in [1.165, 1.54) is 0 Å². The van der Waals surface area contributed by atoms with E-state index in [1.807, 2.05) is 0 Å². The molecule has 5 heteroatoms. The van der Waals surface area contributed by atoms with E-state index in [4.69, 9.17) is 9.47 Å². The number of likely N-dealkylation sites (N-methyl/N-ethyl adjacent to an activating group) is 1. The number of rotatable bonds is 8. The van der Waals surface area contributed by atoms with Gasteiger partial charge in [-0.3, -0.25) is 0 Å². The summed E-state index contributed by atoms with van der Waals surface area (Å²) in [4.78, 5) is 2.29. The van der Waals surface area contributed by atoms with Crippen molar-refractivity contribution in [2.24, 2.45) is 5.41 Å². The minimum absolute atomic E-state index is 0.200. The Morgan fingerprint density at radius 3 is 2.43 bits per heavy atom. The first-order chi connectivity index (χ1) is 10.1. The van der Waals surface area contributed by atoms with Gasteiger partial charge in [-0.1, -0.05) is 6.92 Å². The fourth-order valence-corrected chi connectivity index (χ4v) is 3.54. The fourth-order valence-electron chi connectivity index (χ4n) is 3.54. The molecule has 0 radical (unpaired) electrons. The second-order valence-electron chi connectivity index (χ2n) is 6.99. The zero-order valence-electron chi connectivity index (χ0n) is 13.7. The molecule has 0 saturated carbocycles. The first-order valence-electron chi connectivity index (χ1n) is 8.35. The van der Waals surface area contributed by atoms with Gasteiger partial charge < -0.3 is 24.8 Å². The number of hydrogen-bond donors (Lipinski definition) is 2. The van der Waals surface area contributed by atoms with Crippen LogP contribution < -0.4 is 5.32 Å². The molecular formula is C16H32N2O3. The summed E-state index contributed by atoms with van der Waals surface area (Å²) in [6, 6.07) is 0. The zero-order valence-corrected chi connectivity index (χ0v) is 13.7. The zero-order chi connectivity index (χ0) is 15.2. The Bertz CT molecular complexity index is 300. The topological polar surface area (TPSA) is 54.0 Å². The van der Waals surface area contributed by atoms with Crippen LogP contribution in [0.5, 0.6) is 0 Å². The van der Waals surface area contributed by atoms with E-state index in [0.717, 1.165) is 65.1 Å². The van der Waals surface area contributed by atoms with Crippen LogP contribution in [0.4, 0.5) is 0 Å². The highest BCUT2D eigenvalue weighted by molar-refractivity contribution is 4.91. The maximum absolute atomic E-state index is 10.6. The van der Waals surface area contributed by atoms with Gasteiger partial charge in [0, 0.05) is 57.7 Å². The number of aliphatic hydroxyl groups is 1. The molecule has 5 nitrogen and oxygen atoms in total. The normalized spacial score (nSPS) is 29.1. The van der Waals surface area contributed by atoms with E-state index in [1.54, 1.807) is 0 Å². The molecule has 0 amide bonds. The summed E-state index contributed by atoms with van der Waals surface area (Å²) >= 11 is 0. The molecule has 0 aliphatic carbocycles. The van der Waals surface area contributed by atoms with Crippen LogP contribution in [0.3, 0.4) is 0 Å². The largest absolute Gasteiger partial charge is 0.388 e. The summed E-state index contributed by atoms with van der Waals surface area (Å²) in [5.41, 5.74) is -0.379. The van der Waals surface area contributed by atoms with Crippen molar-refractivity contribution in [1.82, 2.24) is 10.2 Å². The molecule has 0 aromatic carbocycles. The number of hydrogen-bond acceptors (Lipinski definition) is 5. The molecule has 2 saturated heterocycles. The van der Waals surface area contributed by atoms with Gasteiger partial charge in [0.15, 0.2) is 0 Å². The highest BCUT2D eigenvalue weighted by Crippen LogP contribution is 2.30. The van der Waals surface area contributed by atoms with Crippen molar-refractivity contribution in [3.8, 4) is 0 Å². The second kappa shape index (κ2) is 7.88. The molecule has 1 unspecified atom stereocenters. The Morgan fingerprint density at radius 2 is 1.81 bits per heavy atom. The predicted molar refractivity (Wildman–Crippen MR) is 83.5 cm³/mol. The lowest BCUT2D eigenvalue weighted by Gasteiger charge is -2.39. The molecule has 0 aromatic heterocycles. The molecule has 2 fully saturated rings. The summed E-state index contributed by atoms with van der Waals surface area (Å²) in [5, 5.41) is 14.2. The van der Waals surface area contributed by atoms with Crippen LogP contribution in [0.15, 0.2) is 0 Å². The molecule has 21 heavy (non-hydrogen) atoms. The van der Waals surface area contributed by atoms with Gasteiger partial charge in [0.05, 0.1) is 12.2 Å². The monoisotopic (exact) mass is 300 g/mol. The first kappa shape index (κ1) is 17.2. The van der Waals surface area contributed by atoms with E-state index in [-0.39, 0.29) is 5.41 Å². The van der Waals surface area contributed by atoms with Crippen molar-refractivity contribution in [1.29, 1.82) is 0 Å². The van der Waals surface area contributed by atoms with Gasteiger partial charge in [-0.05, 0) is 26.4 Å². The standard InChI is InChI=1S/C16H32N2O3/c1-3-7-17-11-15(4-8-21-14-15)12-18(2)13-16(19)5-9-20-10-6-16/h17,19H,3-14H2,1-2H3. The number of nitrogens with zero attached hydrogens (tertiary/aromatic N) is 1. The summed E-state index contributed by atoms with van der Waals surface area (Å²) in [5.74, 6) is 0. The maximum atomic E-state index is 10.6. The molecule has 2 aliphatic heterocycles. The van der Waals surface area contributed by atoms with Crippen molar-refractivity contribution in [2.75, 3.05) is 59.7 Å². The molecule has 1 atom stereocenters. The molecule has 2 aliphatic rings. The smallest absolute Gasteiger partial charge is 0.0817 e. The maximum Gasteiger partial charge on any atom is 0.0817 e. The highest BCUT2D eigenvalue weighted by Gasteiger charge is 2.38. The molecular weight excluding hydrogens is 268 g/mol. The van der Waals surface area contributed by atoms with E-state index in [2.05, 4.69) is 24.2 Å². The van der Waals surface area contributed by atoms with Crippen LogP contribution >= 0.6 is 0 Å². The van der Waals surface area contributed by atoms with Gasteiger partial charge in [-0.25, -0.2) is 0 Å². The third-order valence-corrected chi connectivity index (χ3v) is 4.70. The lowest BCUT2D eigenvalue weighted by atomic mass is 9.85. The molecule has 0 spiro atoms. The lowest BCUT2D eigenvalue weighted by molar-refractivity contribution is -0.0804. The minimum Gasteiger partial charge on any atom is -0.388 e. The SMILES string of the molecule is CCCNCC1(CN(C)CC2(O)CCOCC2)CCOC1. The predicted octanol–water partition coefficient (Wildman–Crippen LogP) is 0.866. The Hall–Kier alpha value is -0.200.